The highest BCUT2D eigenvalue weighted by atomic mass is 15.2. The van der Waals surface area contributed by atoms with Crippen molar-refractivity contribution in [2.24, 2.45) is 0 Å². The van der Waals surface area contributed by atoms with Crippen LogP contribution >= 0.6 is 0 Å². The van der Waals surface area contributed by atoms with Gasteiger partial charge in [-0.05, 0) is 6.42 Å². The molecule has 0 bridgehead atoms. The van der Waals surface area contributed by atoms with Crippen LogP contribution in [0.25, 0.3) is 0 Å². The zero-order valence-electron chi connectivity index (χ0n) is 7.54. The summed E-state index contributed by atoms with van der Waals surface area (Å²) in [6, 6.07) is 0. The first-order valence-corrected chi connectivity index (χ1v) is 4.37. The van der Waals surface area contributed by atoms with E-state index in [0.717, 1.165) is 31.0 Å². The van der Waals surface area contributed by atoms with Crippen LogP contribution in [0.5, 0.6) is 0 Å². The van der Waals surface area contributed by atoms with E-state index in [9.17, 15) is 0 Å². The lowest BCUT2D eigenvalue weighted by Gasteiger charge is -2.10. The summed E-state index contributed by atoms with van der Waals surface area (Å²) < 4.78 is 0. The van der Waals surface area contributed by atoms with Crippen LogP contribution < -0.4 is 4.90 Å². The molecule has 1 aliphatic rings. The molecule has 1 aliphatic heterocycles. The van der Waals surface area contributed by atoms with Crippen molar-refractivity contribution in [3.8, 4) is 0 Å². The normalized spacial score (nSPS) is 15.0. The van der Waals surface area contributed by atoms with E-state index in [1.165, 1.54) is 5.56 Å². The van der Waals surface area contributed by atoms with Crippen molar-refractivity contribution >= 4 is 5.82 Å². The standard InChI is InChI=1S/C9H13N3/c1-3-8-10-6-7-4-5-12(2)9(7)11-8/h6H,3-5H2,1-2H3. The SMILES string of the molecule is CCc1ncc2c(n1)N(C)CC2. The minimum atomic E-state index is 0.918. The molecular formula is C9H13N3. The molecule has 64 valence electrons. The molecule has 0 amide bonds. The van der Waals surface area contributed by atoms with Gasteiger partial charge in [-0.3, -0.25) is 0 Å². The molecule has 3 nitrogen and oxygen atoms in total. The fraction of sp³-hybridized carbons (Fsp3) is 0.556. The van der Waals surface area contributed by atoms with Crippen molar-refractivity contribution in [3.05, 3.63) is 17.6 Å². The van der Waals surface area contributed by atoms with Crippen molar-refractivity contribution in [1.29, 1.82) is 0 Å². The lowest BCUT2D eigenvalue weighted by Crippen LogP contribution is -2.14. The van der Waals surface area contributed by atoms with E-state index in [1.807, 2.05) is 6.20 Å². The lowest BCUT2D eigenvalue weighted by atomic mass is 10.3. The summed E-state index contributed by atoms with van der Waals surface area (Å²) in [4.78, 5) is 10.9. The molecule has 0 aromatic carbocycles. The molecule has 2 heterocycles. The van der Waals surface area contributed by atoms with Crippen LogP contribution in [0.2, 0.25) is 0 Å². The predicted octanol–water partition coefficient (Wildman–Crippen LogP) is 1.03. The van der Waals surface area contributed by atoms with Crippen LogP contribution in [-0.2, 0) is 12.8 Å². The molecule has 2 rings (SSSR count). The van der Waals surface area contributed by atoms with Gasteiger partial charge in [-0.1, -0.05) is 6.92 Å². The minimum absolute atomic E-state index is 0.918. The number of aryl methyl sites for hydroxylation is 1. The third-order valence-corrected chi connectivity index (χ3v) is 2.29. The van der Waals surface area contributed by atoms with Crippen molar-refractivity contribution in [2.45, 2.75) is 19.8 Å². The third-order valence-electron chi connectivity index (χ3n) is 2.29. The molecule has 0 saturated carbocycles. The number of hydrogen-bond donors (Lipinski definition) is 0. The Balaban J connectivity index is 2.43. The average molecular weight is 163 g/mol. The second kappa shape index (κ2) is 2.73. The number of nitrogens with zero attached hydrogens (tertiary/aromatic N) is 3. The topological polar surface area (TPSA) is 29.0 Å². The summed E-state index contributed by atoms with van der Waals surface area (Å²) in [6.45, 7) is 3.16. The minimum Gasteiger partial charge on any atom is -0.359 e. The number of anilines is 1. The van der Waals surface area contributed by atoms with E-state index >= 15 is 0 Å². The molecule has 0 saturated heterocycles. The Morgan fingerprint density at radius 1 is 1.58 bits per heavy atom. The van der Waals surface area contributed by atoms with Crippen LogP contribution in [0.1, 0.15) is 18.3 Å². The molecule has 1 aromatic rings. The summed E-state index contributed by atoms with van der Waals surface area (Å²) in [5, 5.41) is 0. The first-order chi connectivity index (χ1) is 5.81. The first kappa shape index (κ1) is 7.53. The smallest absolute Gasteiger partial charge is 0.135 e. The monoisotopic (exact) mass is 163 g/mol. The number of hydrogen-bond acceptors (Lipinski definition) is 3. The zero-order valence-corrected chi connectivity index (χ0v) is 7.54. The third kappa shape index (κ3) is 1.05. The van der Waals surface area contributed by atoms with E-state index < -0.39 is 0 Å². The molecule has 0 radical (unpaired) electrons. The van der Waals surface area contributed by atoms with Gasteiger partial charge in [0, 0.05) is 31.8 Å². The van der Waals surface area contributed by atoms with Gasteiger partial charge in [-0.15, -0.1) is 0 Å². The quantitative estimate of drug-likeness (QED) is 0.619. The van der Waals surface area contributed by atoms with Gasteiger partial charge in [0.2, 0.25) is 0 Å². The predicted molar refractivity (Wildman–Crippen MR) is 48.4 cm³/mol. The van der Waals surface area contributed by atoms with E-state index in [2.05, 4.69) is 28.8 Å². The molecule has 0 aliphatic carbocycles. The average Bonchev–Trinajstić information content (AvgIpc) is 2.47. The maximum atomic E-state index is 4.47. The van der Waals surface area contributed by atoms with Gasteiger partial charge < -0.3 is 4.90 Å². The Morgan fingerprint density at radius 2 is 2.42 bits per heavy atom. The molecular weight excluding hydrogens is 150 g/mol. The number of rotatable bonds is 1. The van der Waals surface area contributed by atoms with Crippen molar-refractivity contribution in [2.75, 3.05) is 18.5 Å². The van der Waals surface area contributed by atoms with Gasteiger partial charge in [0.05, 0.1) is 0 Å². The van der Waals surface area contributed by atoms with E-state index in [0.29, 0.717) is 0 Å². The second-order valence-electron chi connectivity index (χ2n) is 3.16. The van der Waals surface area contributed by atoms with Crippen LogP contribution in [0.15, 0.2) is 6.20 Å². The van der Waals surface area contributed by atoms with E-state index in [-0.39, 0.29) is 0 Å². The van der Waals surface area contributed by atoms with Gasteiger partial charge in [-0.25, -0.2) is 9.97 Å². The Bertz CT molecular complexity index is 296. The van der Waals surface area contributed by atoms with Gasteiger partial charge in [-0.2, -0.15) is 0 Å². The second-order valence-corrected chi connectivity index (χ2v) is 3.16. The molecule has 1 aromatic heterocycles. The van der Waals surface area contributed by atoms with Crippen LogP contribution in [0.3, 0.4) is 0 Å². The van der Waals surface area contributed by atoms with Gasteiger partial charge >= 0.3 is 0 Å². The van der Waals surface area contributed by atoms with Crippen molar-refractivity contribution in [1.82, 2.24) is 9.97 Å². The maximum absolute atomic E-state index is 4.47. The molecule has 0 fully saturated rings. The number of likely N-dealkylation sites (N-methyl/N-ethyl adjacent to an activating group) is 1. The molecule has 3 heteroatoms. The Kier molecular flexibility index (Phi) is 1.71. The summed E-state index contributed by atoms with van der Waals surface area (Å²) >= 11 is 0. The van der Waals surface area contributed by atoms with Gasteiger partial charge in [0.1, 0.15) is 11.6 Å². The zero-order chi connectivity index (χ0) is 8.55. The Labute approximate surface area is 72.4 Å². The lowest BCUT2D eigenvalue weighted by molar-refractivity contribution is 0.914. The van der Waals surface area contributed by atoms with Gasteiger partial charge in [0.25, 0.3) is 0 Å². The van der Waals surface area contributed by atoms with Crippen LogP contribution in [0, 0.1) is 0 Å². The fourth-order valence-electron chi connectivity index (χ4n) is 1.50. The number of aromatic nitrogens is 2. The van der Waals surface area contributed by atoms with Crippen LogP contribution in [0.4, 0.5) is 5.82 Å². The summed E-state index contributed by atoms with van der Waals surface area (Å²) in [6.07, 6.45) is 3.97. The molecule has 12 heavy (non-hydrogen) atoms. The first-order valence-electron chi connectivity index (χ1n) is 4.37. The van der Waals surface area contributed by atoms with E-state index in [1.54, 1.807) is 0 Å². The Hall–Kier alpha value is -1.12. The van der Waals surface area contributed by atoms with E-state index in [4.69, 9.17) is 0 Å². The highest BCUT2D eigenvalue weighted by Gasteiger charge is 2.17. The summed E-state index contributed by atoms with van der Waals surface area (Å²) in [5.74, 6) is 2.07. The molecule has 0 N–H and O–H groups in total. The molecule has 0 atom stereocenters. The Morgan fingerprint density at radius 3 is 3.17 bits per heavy atom. The summed E-state index contributed by atoms with van der Waals surface area (Å²) in [7, 11) is 2.08. The molecule has 0 spiro atoms. The highest BCUT2D eigenvalue weighted by Crippen LogP contribution is 2.22. The largest absolute Gasteiger partial charge is 0.359 e. The van der Waals surface area contributed by atoms with Crippen molar-refractivity contribution in [3.63, 3.8) is 0 Å². The van der Waals surface area contributed by atoms with Crippen LogP contribution in [-0.4, -0.2) is 23.6 Å². The van der Waals surface area contributed by atoms with Crippen molar-refractivity contribution < 1.29 is 0 Å². The summed E-state index contributed by atoms with van der Waals surface area (Å²) in [5.41, 5.74) is 1.29. The maximum Gasteiger partial charge on any atom is 0.135 e. The number of fused-ring (bicyclic) bond motifs is 1. The molecule has 0 unspecified atom stereocenters. The highest BCUT2D eigenvalue weighted by molar-refractivity contribution is 5.50. The fourth-order valence-corrected chi connectivity index (χ4v) is 1.50. The van der Waals surface area contributed by atoms with Gasteiger partial charge in [0.15, 0.2) is 0 Å².